The van der Waals surface area contributed by atoms with Gasteiger partial charge < -0.3 is 10.5 Å². The minimum atomic E-state index is -0.401. The summed E-state index contributed by atoms with van der Waals surface area (Å²) in [4.78, 5) is 29.6. The molecule has 0 saturated heterocycles. The van der Waals surface area contributed by atoms with Gasteiger partial charge in [0.15, 0.2) is 5.78 Å². The number of carbonyl (C=O) groups is 1. The third kappa shape index (κ3) is 3.06. The van der Waals surface area contributed by atoms with Crippen molar-refractivity contribution in [3.8, 4) is 17.1 Å². The monoisotopic (exact) mass is 379 g/mol. The number of fused-ring (bicyclic) bond motifs is 1. The van der Waals surface area contributed by atoms with Crippen LogP contribution in [0.5, 0.6) is 5.88 Å². The van der Waals surface area contributed by atoms with Crippen LogP contribution in [-0.4, -0.2) is 32.8 Å². The molecule has 1 atom stereocenters. The molecule has 28 heavy (non-hydrogen) atoms. The van der Waals surface area contributed by atoms with Crippen LogP contribution in [-0.2, 0) is 6.42 Å². The van der Waals surface area contributed by atoms with Gasteiger partial charge in [-0.05, 0) is 19.4 Å². The number of halogens is 1. The molecule has 142 valence electrons. The minimum Gasteiger partial charge on any atom is -0.480 e. The van der Waals surface area contributed by atoms with E-state index in [0.29, 0.717) is 46.1 Å². The molecule has 7 nitrogen and oxygen atoms in total. The molecule has 0 fully saturated rings. The number of rotatable bonds is 3. The Labute approximate surface area is 160 Å². The third-order valence-electron chi connectivity index (χ3n) is 4.89. The van der Waals surface area contributed by atoms with Crippen LogP contribution in [0.1, 0.15) is 39.6 Å². The Morgan fingerprint density at radius 1 is 1.18 bits per heavy atom. The van der Waals surface area contributed by atoms with Crippen molar-refractivity contribution in [1.29, 1.82) is 0 Å². The lowest BCUT2D eigenvalue weighted by molar-refractivity contribution is 0.0961. The maximum atomic E-state index is 14.9. The number of nitrogens with two attached hydrogens (primary N) is 1. The molecule has 8 heteroatoms. The minimum absolute atomic E-state index is 0.108. The fourth-order valence-corrected chi connectivity index (χ4v) is 3.75. The van der Waals surface area contributed by atoms with E-state index in [9.17, 15) is 9.18 Å². The van der Waals surface area contributed by atoms with Crippen LogP contribution in [0.2, 0.25) is 0 Å². The number of ketones is 1. The molecule has 1 aromatic carbocycles. The molecular weight excluding hydrogens is 361 g/mol. The first kappa shape index (κ1) is 18.0. The van der Waals surface area contributed by atoms with Gasteiger partial charge in [0.2, 0.25) is 11.8 Å². The van der Waals surface area contributed by atoms with Crippen molar-refractivity contribution in [2.75, 3.05) is 12.8 Å². The van der Waals surface area contributed by atoms with E-state index in [4.69, 9.17) is 10.5 Å². The normalized spacial score (nSPS) is 16.0. The van der Waals surface area contributed by atoms with Crippen LogP contribution in [0.15, 0.2) is 30.6 Å². The van der Waals surface area contributed by atoms with E-state index >= 15 is 0 Å². The molecule has 0 amide bonds. The number of aromatic nitrogens is 4. The maximum Gasteiger partial charge on any atom is 0.232 e. The van der Waals surface area contributed by atoms with Crippen molar-refractivity contribution >= 4 is 11.7 Å². The molecular formula is C20H18FN5O2. The van der Waals surface area contributed by atoms with Crippen LogP contribution < -0.4 is 10.5 Å². The largest absolute Gasteiger partial charge is 0.480 e. The van der Waals surface area contributed by atoms with Crippen molar-refractivity contribution in [3.05, 3.63) is 58.9 Å². The number of aryl methyl sites for hydroxylation is 1. The van der Waals surface area contributed by atoms with Crippen LogP contribution in [0, 0.1) is 12.7 Å². The number of nitrogen functional groups attached to an aromatic ring is 1. The average molecular weight is 379 g/mol. The van der Waals surface area contributed by atoms with Gasteiger partial charge in [0.25, 0.3) is 0 Å². The van der Waals surface area contributed by atoms with Crippen molar-refractivity contribution < 1.29 is 13.9 Å². The first-order chi connectivity index (χ1) is 13.5. The molecule has 0 spiro atoms. The summed E-state index contributed by atoms with van der Waals surface area (Å²) in [6.07, 6.45) is 3.57. The number of hydrogen-bond donors (Lipinski definition) is 1. The summed E-state index contributed by atoms with van der Waals surface area (Å²) in [6, 6.07) is 4.76. The van der Waals surface area contributed by atoms with Crippen molar-refractivity contribution in [2.24, 2.45) is 0 Å². The Hall–Kier alpha value is -3.42. The first-order valence-corrected chi connectivity index (χ1v) is 8.79. The zero-order chi connectivity index (χ0) is 19.8. The fraction of sp³-hybridized carbons (Fsp3) is 0.250. The van der Waals surface area contributed by atoms with E-state index < -0.39 is 11.7 Å². The average Bonchev–Trinajstić information content (AvgIpc) is 2.66. The fourth-order valence-electron chi connectivity index (χ4n) is 3.75. The zero-order valence-electron chi connectivity index (χ0n) is 15.4. The molecule has 2 aromatic heterocycles. The summed E-state index contributed by atoms with van der Waals surface area (Å²) in [6.45, 7) is 1.73. The first-order valence-electron chi connectivity index (χ1n) is 8.79. The highest BCUT2D eigenvalue weighted by molar-refractivity contribution is 6.00. The summed E-state index contributed by atoms with van der Waals surface area (Å²) < 4.78 is 20.0. The molecule has 0 saturated carbocycles. The molecule has 1 aliphatic rings. The Bertz CT molecular complexity index is 1090. The number of carbonyl (C=O) groups excluding carboxylic acids is 1. The molecule has 1 aliphatic carbocycles. The predicted molar refractivity (Wildman–Crippen MR) is 101 cm³/mol. The third-order valence-corrected chi connectivity index (χ3v) is 4.89. The van der Waals surface area contributed by atoms with Gasteiger partial charge in [-0.1, -0.05) is 12.1 Å². The van der Waals surface area contributed by atoms with Gasteiger partial charge >= 0.3 is 0 Å². The van der Waals surface area contributed by atoms with Gasteiger partial charge in [0, 0.05) is 23.5 Å². The number of methoxy groups -OCH3 is 1. The van der Waals surface area contributed by atoms with Crippen LogP contribution in [0.3, 0.4) is 0 Å². The Morgan fingerprint density at radius 2 is 2.00 bits per heavy atom. The van der Waals surface area contributed by atoms with E-state index in [1.165, 1.54) is 19.4 Å². The Balaban J connectivity index is 1.83. The van der Waals surface area contributed by atoms with Crippen LogP contribution in [0.4, 0.5) is 10.3 Å². The second-order valence-electron chi connectivity index (χ2n) is 6.67. The highest BCUT2D eigenvalue weighted by atomic mass is 19.1. The lowest BCUT2D eigenvalue weighted by atomic mass is 9.79. The van der Waals surface area contributed by atoms with Gasteiger partial charge in [-0.25, -0.2) is 19.3 Å². The second-order valence-corrected chi connectivity index (χ2v) is 6.67. The van der Waals surface area contributed by atoms with E-state index in [1.54, 1.807) is 25.3 Å². The number of nitrogens with zero attached hydrogens (tertiary/aromatic N) is 4. The zero-order valence-corrected chi connectivity index (χ0v) is 15.4. The summed E-state index contributed by atoms with van der Waals surface area (Å²) >= 11 is 0. The topological polar surface area (TPSA) is 104 Å². The van der Waals surface area contributed by atoms with Crippen molar-refractivity contribution in [2.45, 2.75) is 25.7 Å². The molecule has 4 rings (SSSR count). The molecule has 0 bridgehead atoms. The SMILES string of the molecule is COc1cncc(-c2cccc(F)c2C2CC(=O)c3c(C)nc(N)nc3C2)n1. The maximum absolute atomic E-state index is 14.9. The Morgan fingerprint density at radius 3 is 2.79 bits per heavy atom. The van der Waals surface area contributed by atoms with E-state index in [-0.39, 0.29) is 18.2 Å². The number of Topliss-reactive ketones (excluding diaryl/α,β-unsaturated/α-hetero) is 1. The van der Waals surface area contributed by atoms with Gasteiger partial charge in [0.1, 0.15) is 5.82 Å². The summed E-state index contributed by atoms with van der Waals surface area (Å²) in [7, 11) is 1.49. The smallest absolute Gasteiger partial charge is 0.232 e. The van der Waals surface area contributed by atoms with Gasteiger partial charge in [0.05, 0.1) is 42.1 Å². The molecule has 2 N–H and O–H groups in total. The van der Waals surface area contributed by atoms with E-state index in [2.05, 4.69) is 19.9 Å². The quantitative estimate of drug-likeness (QED) is 0.746. The number of anilines is 1. The second kappa shape index (κ2) is 6.95. The van der Waals surface area contributed by atoms with Crippen LogP contribution >= 0.6 is 0 Å². The van der Waals surface area contributed by atoms with E-state index in [1.807, 2.05) is 0 Å². The predicted octanol–water partition coefficient (Wildman–Crippen LogP) is 2.88. The highest BCUT2D eigenvalue weighted by Gasteiger charge is 2.32. The number of hydrogen-bond acceptors (Lipinski definition) is 7. The van der Waals surface area contributed by atoms with Crippen molar-refractivity contribution in [1.82, 2.24) is 19.9 Å². The lowest BCUT2D eigenvalue weighted by Crippen LogP contribution is -2.24. The highest BCUT2D eigenvalue weighted by Crippen LogP contribution is 2.39. The van der Waals surface area contributed by atoms with Gasteiger partial charge in [-0.2, -0.15) is 0 Å². The molecule has 1 unspecified atom stereocenters. The summed E-state index contributed by atoms with van der Waals surface area (Å²) in [5, 5.41) is 0. The van der Waals surface area contributed by atoms with E-state index in [0.717, 1.165) is 0 Å². The number of ether oxygens (including phenoxy) is 1. The Kier molecular flexibility index (Phi) is 4.46. The lowest BCUT2D eigenvalue weighted by Gasteiger charge is -2.26. The summed E-state index contributed by atoms with van der Waals surface area (Å²) in [5.41, 5.74) is 8.82. The van der Waals surface area contributed by atoms with Crippen molar-refractivity contribution in [3.63, 3.8) is 0 Å². The molecule has 2 heterocycles. The van der Waals surface area contributed by atoms with Crippen LogP contribution in [0.25, 0.3) is 11.3 Å². The molecule has 0 radical (unpaired) electrons. The van der Waals surface area contributed by atoms with Gasteiger partial charge in [-0.3, -0.25) is 9.78 Å². The standard InChI is InChI=1S/C20H18FN5O2/c1-10-18-14(26-20(22)24-10)6-11(7-16(18)27)19-12(4-3-5-13(19)21)15-8-23-9-17(25-15)28-2/h3-5,8-9,11H,6-7H2,1-2H3,(H2,22,24,26). The number of benzene rings is 1. The van der Waals surface area contributed by atoms with Gasteiger partial charge in [-0.15, -0.1) is 0 Å². The molecule has 0 aliphatic heterocycles. The molecule has 3 aromatic rings. The summed E-state index contributed by atoms with van der Waals surface area (Å²) in [5.74, 6) is -0.472.